The Morgan fingerprint density at radius 1 is 1.03 bits per heavy atom. The second-order valence-corrected chi connectivity index (χ2v) is 7.66. The van der Waals surface area contributed by atoms with Crippen LogP contribution in [0.3, 0.4) is 0 Å². The van der Waals surface area contributed by atoms with Gasteiger partial charge in [-0.05, 0) is 31.0 Å². The first kappa shape index (κ1) is 20.6. The summed E-state index contributed by atoms with van der Waals surface area (Å²) < 4.78 is 42.5. The molecule has 3 heterocycles. The Kier molecular flexibility index (Phi) is 5.19. The van der Waals surface area contributed by atoms with E-state index in [0.29, 0.717) is 23.1 Å². The van der Waals surface area contributed by atoms with Crippen molar-refractivity contribution in [2.45, 2.75) is 32.6 Å². The Morgan fingerprint density at radius 2 is 1.73 bits per heavy atom. The largest absolute Gasteiger partial charge is 0.434 e. The minimum atomic E-state index is -4.50. The molecule has 3 aromatic heterocycles. The Balaban J connectivity index is 1.65. The lowest BCUT2D eigenvalue weighted by Crippen LogP contribution is -2.05. The van der Waals surface area contributed by atoms with E-state index in [-0.39, 0.29) is 22.3 Å². The smallest absolute Gasteiger partial charge is 0.328 e. The Hall–Kier alpha value is -2.65. The maximum Gasteiger partial charge on any atom is 0.434 e. The van der Waals surface area contributed by atoms with E-state index < -0.39 is 11.9 Å². The molecule has 6 nitrogen and oxygen atoms in total. The molecule has 0 atom stereocenters. The van der Waals surface area contributed by atoms with Crippen molar-refractivity contribution in [1.29, 1.82) is 0 Å². The summed E-state index contributed by atoms with van der Waals surface area (Å²) in [6.07, 6.45) is -1.90. The van der Waals surface area contributed by atoms with Gasteiger partial charge in [-0.1, -0.05) is 35.9 Å². The molecule has 0 saturated heterocycles. The molecule has 0 aliphatic heterocycles. The summed E-state index contributed by atoms with van der Waals surface area (Å²) in [5, 5.41) is 5.08. The van der Waals surface area contributed by atoms with Crippen LogP contribution in [0.15, 0.2) is 36.7 Å². The summed E-state index contributed by atoms with van der Waals surface area (Å²) in [7, 11) is 0. The third-order valence-electron chi connectivity index (χ3n) is 4.55. The number of hydrogen-bond acceptors (Lipinski definition) is 4. The lowest BCUT2D eigenvalue weighted by Gasteiger charge is -2.12. The molecule has 0 spiro atoms. The van der Waals surface area contributed by atoms with Crippen LogP contribution in [0, 0.1) is 0 Å². The van der Waals surface area contributed by atoms with Crippen LogP contribution in [0.4, 0.5) is 13.2 Å². The Labute approximate surface area is 179 Å². The molecule has 0 aliphatic carbocycles. The summed E-state index contributed by atoms with van der Waals surface area (Å²) in [6, 6.07) is 6.90. The molecule has 156 valence electrons. The minimum Gasteiger partial charge on any atom is -0.328 e. The topological polar surface area (TPSA) is 61.4 Å². The van der Waals surface area contributed by atoms with Crippen molar-refractivity contribution >= 4 is 34.2 Å². The molecule has 0 aliphatic rings. The monoisotopic (exact) mass is 454 g/mol. The zero-order valence-corrected chi connectivity index (χ0v) is 17.3. The van der Waals surface area contributed by atoms with Gasteiger partial charge < -0.3 is 4.57 Å². The van der Waals surface area contributed by atoms with Crippen LogP contribution >= 0.6 is 23.2 Å². The van der Waals surface area contributed by atoms with Crippen LogP contribution in [0.25, 0.3) is 22.4 Å². The number of rotatable bonds is 4. The number of benzene rings is 1. The van der Waals surface area contributed by atoms with E-state index in [2.05, 4.69) is 20.1 Å². The van der Waals surface area contributed by atoms with Gasteiger partial charge >= 0.3 is 6.18 Å². The van der Waals surface area contributed by atoms with Crippen LogP contribution in [0.1, 0.15) is 31.1 Å². The first-order valence-corrected chi connectivity index (χ1v) is 9.69. The fourth-order valence-corrected chi connectivity index (χ4v) is 3.50. The van der Waals surface area contributed by atoms with Crippen molar-refractivity contribution in [3.05, 3.63) is 58.4 Å². The molecule has 0 N–H and O–H groups in total. The average Bonchev–Trinajstić information content (AvgIpc) is 3.27. The SMILES string of the molecule is CC(C)n1cc(C(F)(F)F)nc1-c1ccc(Cn2ncc3c(Cl)nc(Cl)nc32)cc1. The van der Waals surface area contributed by atoms with Crippen molar-refractivity contribution in [1.82, 2.24) is 29.3 Å². The van der Waals surface area contributed by atoms with E-state index in [1.54, 1.807) is 49.0 Å². The predicted octanol–water partition coefficient (Wildman–Crippen LogP) is 5.64. The van der Waals surface area contributed by atoms with Gasteiger partial charge in [0.15, 0.2) is 11.3 Å². The molecule has 0 amide bonds. The quantitative estimate of drug-likeness (QED) is 0.295. The van der Waals surface area contributed by atoms with Gasteiger partial charge in [0.2, 0.25) is 5.28 Å². The van der Waals surface area contributed by atoms with Crippen LogP contribution in [-0.2, 0) is 12.7 Å². The number of imidazole rings is 1. The zero-order chi connectivity index (χ0) is 21.6. The van der Waals surface area contributed by atoms with Crippen LogP contribution in [0.5, 0.6) is 0 Å². The fourth-order valence-electron chi connectivity index (χ4n) is 3.08. The molecule has 0 bridgehead atoms. The van der Waals surface area contributed by atoms with Gasteiger partial charge in [-0.3, -0.25) is 0 Å². The number of aromatic nitrogens is 6. The molecule has 0 fully saturated rings. The molecule has 1 aromatic carbocycles. The molecular weight excluding hydrogens is 440 g/mol. The van der Waals surface area contributed by atoms with E-state index in [0.717, 1.165) is 11.8 Å². The Morgan fingerprint density at radius 3 is 2.37 bits per heavy atom. The van der Waals surface area contributed by atoms with Gasteiger partial charge in [0, 0.05) is 17.8 Å². The maximum atomic E-state index is 13.1. The summed E-state index contributed by atoms with van der Waals surface area (Å²) in [4.78, 5) is 11.9. The number of halogens is 5. The van der Waals surface area contributed by atoms with E-state index in [4.69, 9.17) is 23.2 Å². The molecule has 0 radical (unpaired) electrons. The molecule has 0 saturated carbocycles. The molecular formula is C19H15Cl2F3N6. The van der Waals surface area contributed by atoms with Crippen molar-refractivity contribution < 1.29 is 13.2 Å². The van der Waals surface area contributed by atoms with Gasteiger partial charge in [0.1, 0.15) is 11.0 Å². The first-order valence-electron chi connectivity index (χ1n) is 8.93. The second-order valence-electron chi connectivity index (χ2n) is 6.97. The molecule has 4 rings (SSSR count). The predicted molar refractivity (Wildman–Crippen MR) is 107 cm³/mol. The van der Waals surface area contributed by atoms with Crippen LogP contribution in [0.2, 0.25) is 10.4 Å². The van der Waals surface area contributed by atoms with Crippen molar-refractivity contribution in [3.63, 3.8) is 0 Å². The van der Waals surface area contributed by atoms with E-state index in [1.807, 2.05) is 0 Å². The van der Waals surface area contributed by atoms with Crippen LogP contribution < -0.4 is 0 Å². The van der Waals surface area contributed by atoms with Crippen molar-refractivity contribution in [2.75, 3.05) is 0 Å². The van der Waals surface area contributed by atoms with Crippen molar-refractivity contribution in [2.24, 2.45) is 0 Å². The third-order valence-corrected chi connectivity index (χ3v) is 5.00. The van der Waals surface area contributed by atoms with Crippen molar-refractivity contribution in [3.8, 4) is 11.4 Å². The number of alkyl halides is 3. The standard InChI is InChI=1S/C19H15Cl2F3N6/c1-10(2)29-9-14(19(22,23)24)26-16(29)12-5-3-11(4-6-12)8-30-17-13(7-25-30)15(20)27-18(21)28-17/h3-7,9-10H,8H2,1-2H3. The average molecular weight is 455 g/mol. The summed E-state index contributed by atoms with van der Waals surface area (Å²) >= 11 is 11.9. The number of fused-ring (bicyclic) bond motifs is 1. The lowest BCUT2D eigenvalue weighted by atomic mass is 10.1. The van der Waals surface area contributed by atoms with Gasteiger partial charge in [-0.25, -0.2) is 14.6 Å². The van der Waals surface area contributed by atoms with Gasteiger partial charge in [0.25, 0.3) is 0 Å². The second kappa shape index (κ2) is 7.55. The summed E-state index contributed by atoms with van der Waals surface area (Å²) in [5.74, 6) is 0.264. The Bertz CT molecular complexity index is 1210. The fraction of sp³-hybridized carbons (Fsp3) is 0.263. The van der Waals surface area contributed by atoms with Crippen LogP contribution in [-0.4, -0.2) is 29.3 Å². The maximum absolute atomic E-state index is 13.1. The first-order chi connectivity index (χ1) is 14.1. The highest BCUT2D eigenvalue weighted by Gasteiger charge is 2.35. The zero-order valence-electron chi connectivity index (χ0n) is 15.8. The van der Waals surface area contributed by atoms with E-state index >= 15 is 0 Å². The van der Waals surface area contributed by atoms with Gasteiger partial charge in [-0.2, -0.15) is 23.3 Å². The molecule has 11 heteroatoms. The number of hydrogen-bond donors (Lipinski definition) is 0. The lowest BCUT2D eigenvalue weighted by molar-refractivity contribution is -0.140. The number of nitrogens with zero attached hydrogens (tertiary/aromatic N) is 6. The molecule has 30 heavy (non-hydrogen) atoms. The normalized spacial score (nSPS) is 12.3. The highest BCUT2D eigenvalue weighted by molar-refractivity contribution is 6.35. The molecule has 4 aromatic rings. The third kappa shape index (κ3) is 3.87. The summed E-state index contributed by atoms with van der Waals surface area (Å²) in [6.45, 7) is 3.99. The van der Waals surface area contributed by atoms with E-state index in [1.165, 1.54) is 4.57 Å². The van der Waals surface area contributed by atoms with E-state index in [9.17, 15) is 13.2 Å². The minimum absolute atomic E-state index is 0.0191. The van der Waals surface area contributed by atoms with Gasteiger partial charge in [-0.15, -0.1) is 0 Å². The summed E-state index contributed by atoms with van der Waals surface area (Å²) in [5.41, 5.74) is 1.04. The highest BCUT2D eigenvalue weighted by Crippen LogP contribution is 2.32. The highest BCUT2D eigenvalue weighted by atomic mass is 35.5. The molecule has 0 unspecified atom stereocenters. The van der Waals surface area contributed by atoms with Gasteiger partial charge in [0.05, 0.1) is 18.1 Å².